The maximum Gasteiger partial charge on any atom is -0.0391 e. The van der Waals surface area contributed by atoms with Crippen LogP contribution >= 0.6 is 0 Å². The Bertz CT molecular complexity index is 76.0. The summed E-state index contributed by atoms with van der Waals surface area (Å²) in [5.74, 6) is 2.93. The van der Waals surface area contributed by atoms with E-state index in [2.05, 4.69) is 20.8 Å². The summed E-state index contributed by atoms with van der Waals surface area (Å²) in [4.78, 5) is 0. The zero-order chi connectivity index (χ0) is 10.9. The Labute approximate surface area is 86.1 Å². The molecule has 0 heterocycles. The molecule has 2 atom stereocenters. The van der Waals surface area contributed by atoms with Gasteiger partial charge in [0.15, 0.2) is 0 Å². The van der Waals surface area contributed by atoms with Crippen molar-refractivity contribution in [3.05, 3.63) is 0 Å². The van der Waals surface area contributed by atoms with Crippen molar-refractivity contribution >= 4 is 0 Å². The van der Waals surface area contributed by atoms with Crippen LogP contribution in [0.3, 0.4) is 0 Å². The minimum atomic E-state index is 0.971. The molecular formula is C13H30. The Morgan fingerprint density at radius 2 is 1.00 bits per heavy atom. The van der Waals surface area contributed by atoms with Gasteiger partial charge >= 0.3 is 0 Å². The minimum Gasteiger partial charge on any atom is -0.0683 e. The summed E-state index contributed by atoms with van der Waals surface area (Å²) < 4.78 is 0. The van der Waals surface area contributed by atoms with Gasteiger partial charge in [-0.25, -0.2) is 0 Å². The molecule has 13 heavy (non-hydrogen) atoms. The molecule has 82 valence electrons. The van der Waals surface area contributed by atoms with Crippen LogP contribution in [0.15, 0.2) is 0 Å². The lowest BCUT2D eigenvalue weighted by molar-refractivity contribution is 0.197. The normalized spacial score (nSPS) is 32.1. The highest BCUT2D eigenvalue weighted by Crippen LogP contribution is 2.33. The summed E-state index contributed by atoms with van der Waals surface area (Å²) in [6.07, 6.45) is 4.39. The average molecular weight is 186 g/mol. The molecule has 0 N–H and O–H groups in total. The third kappa shape index (κ3) is 6.12. The Kier molecular flexibility index (Phi) is 12.0. The van der Waals surface area contributed by atoms with Crippen molar-refractivity contribution in [3.63, 3.8) is 0 Å². The van der Waals surface area contributed by atoms with Gasteiger partial charge in [-0.05, 0) is 17.8 Å². The van der Waals surface area contributed by atoms with Crippen LogP contribution in [0.25, 0.3) is 0 Å². The molecule has 1 fully saturated rings. The lowest BCUT2D eigenvalue weighted by Gasteiger charge is -2.31. The van der Waals surface area contributed by atoms with E-state index in [-0.39, 0.29) is 0 Å². The maximum atomic E-state index is 2.40. The summed E-state index contributed by atoms with van der Waals surface area (Å²) in [7, 11) is 0. The van der Waals surface area contributed by atoms with Crippen LogP contribution in [0.4, 0.5) is 0 Å². The largest absolute Gasteiger partial charge is 0.0683 e. The quantitative estimate of drug-likeness (QED) is 0.492. The summed E-state index contributed by atoms with van der Waals surface area (Å²) in [5, 5.41) is 0. The van der Waals surface area contributed by atoms with Crippen LogP contribution in [0.2, 0.25) is 0 Å². The van der Waals surface area contributed by atoms with Crippen LogP contribution < -0.4 is 0 Å². The molecule has 1 aliphatic rings. The van der Waals surface area contributed by atoms with Gasteiger partial charge in [0.1, 0.15) is 0 Å². The molecule has 0 nitrogen and oxygen atoms in total. The van der Waals surface area contributed by atoms with E-state index in [1.54, 1.807) is 0 Å². The second-order valence-corrected chi connectivity index (χ2v) is 3.74. The van der Waals surface area contributed by atoms with E-state index in [9.17, 15) is 0 Å². The fourth-order valence-corrected chi connectivity index (χ4v) is 1.85. The first kappa shape index (κ1) is 15.5. The van der Waals surface area contributed by atoms with Gasteiger partial charge in [-0.2, -0.15) is 0 Å². The molecule has 0 radical (unpaired) electrons. The van der Waals surface area contributed by atoms with Gasteiger partial charge in [0.05, 0.1) is 0 Å². The minimum absolute atomic E-state index is 0.971. The van der Waals surface area contributed by atoms with Crippen molar-refractivity contribution in [1.29, 1.82) is 0 Å². The summed E-state index contributed by atoms with van der Waals surface area (Å²) >= 11 is 0. The van der Waals surface area contributed by atoms with Gasteiger partial charge in [-0.1, -0.05) is 67.7 Å². The summed E-state index contributed by atoms with van der Waals surface area (Å²) in [5.41, 5.74) is 0. The fourth-order valence-electron chi connectivity index (χ4n) is 1.85. The zero-order valence-electron chi connectivity index (χ0n) is 10.9. The molecule has 1 aliphatic carbocycles. The molecule has 0 aromatic carbocycles. The van der Waals surface area contributed by atoms with E-state index >= 15 is 0 Å². The fraction of sp³-hybridized carbons (Fsp3) is 1.00. The smallest absolute Gasteiger partial charge is 0.0391 e. The van der Waals surface area contributed by atoms with Crippen LogP contribution in [0.1, 0.15) is 67.7 Å². The lowest BCUT2D eigenvalue weighted by atomic mass is 9.75. The molecule has 0 saturated heterocycles. The van der Waals surface area contributed by atoms with E-state index in [1.165, 1.54) is 19.3 Å². The molecule has 0 aliphatic heterocycles. The molecule has 0 bridgehead atoms. The van der Waals surface area contributed by atoms with E-state index in [1.807, 2.05) is 27.7 Å². The molecule has 1 saturated carbocycles. The molecule has 0 heteroatoms. The molecular weight excluding hydrogens is 156 g/mol. The number of hydrogen-bond acceptors (Lipinski definition) is 0. The molecule has 0 amide bonds. The Morgan fingerprint density at radius 3 is 1.23 bits per heavy atom. The Balaban J connectivity index is 0. The van der Waals surface area contributed by atoms with Crippen molar-refractivity contribution in [2.75, 3.05) is 0 Å². The highest BCUT2D eigenvalue weighted by molar-refractivity contribution is 4.73. The lowest BCUT2D eigenvalue weighted by Crippen LogP contribution is -2.21. The zero-order valence-corrected chi connectivity index (χ0v) is 10.9. The molecule has 0 aromatic heterocycles. The third-order valence-corrected chi connectivity index (χ3v) is 3.11. The van der Waals surface area contributed by atoms with Crippen LogP contribution in [-0.4, -0.2) is 0 Å². The summed E-state index contributed by atoms with van der Waals surface area (Å²) in [6, 6.07) is 0. The average Bonchev–Trinajstić information content (AvgIpc) is 2.20. The van der Waals surface area contributed by atoms with Crippen LogP contribution in [-0.2, 0) is 0 Å². The SMILES string of the molecule is CC.CC.CC1CCCC(C)C1C. The molecule has 1 rings (SSSR count). The maximum absolute atomic E-state index is 2.40. The first-order chi connectivity index (χ1) is 6.22. The van der Waals surface area contributed by atoms with Gasteiger partial charge in [0, 0.05) is 0 Å². The first-order valence-corrected chi connectivity index (χ1v) is 6.22. The Morgan fingerprint density at radius 1 is 0.692 bits per heavy atom. The van der Waals surface area contributed by atoms with Crippen molar-refractivity contribution in [2.45, 2.75) is 67.7 Å². The van der Waals surface area contributed by atoms with E-state index in [0.717, 1.165) is 17.8 Å². The van der Waals surface area contributed by atoms with Crippen LogP contribution in [0, 0.1) is 17.8 Å². The predicted octanol–water partition coefficient (Wildman–Crippen LogP) is 5.13. The van der Waals surface area contributed by atoms with E-state index < -0.39 is 0 Å². The van der Waals surface area contributed by atoms with Crippen molar-refractivity contribution in [2.24, 2.45) is 17.8 Å². The van der Waals surface area contributed by atoms with Crippen molar-refractivity contribution in [3.8, 4) is 0 Å². The van der Waals surface area contributed by atoms with Gasteiger partial charge in [-0.15, -0.1) is 0 Å². The second kappa shape index (κ2) is 10.1. The van der Waals surface area contributed by atoms with Gasteiger partial charge < -0.3 is 0 Å². The van der Waals surface area contributed by atoms with E-state index in [4.69, 9.17) is 0 Å². The van der Waals surface area contributed by atoms with Gasteiger partial charge in [-0.3, -0.25) is 0 Å². The van der Waals surface area contributed by atoms with E-state index in [0.29, 0.717) is 0 Å². The molecule has 0 aromatic rings. The summed E-state index contributed by atoms with van der Waals surface area (Å²) in [6.45, 7) is 15.2. The highest BCUT2D eigenvalue weighted by Gasteiger charge is 2.22. The first-order valence-electron chi connectivity index (χ1n) is 6.22. The topological polar surface area (TPSA) is 0 Å². The van der Waals surface area contributed by atoms with Gasteiger partial charge in [0.25, 0.3) is 0 Å². The van der Waals surface area contributed by atoms with Crippen LogP contribution in [0.5, 0.6) is 0 Å². The van der Waals surface area contributed by atoms with Gasteiger partial charge in [0.2, 0.25) is 0 Å². The standard InChI is InChI=1S/C9H18.2C2H6/c1-7-5-4-6-8(2)9(7)3;2*1-2/h7-9H,4-6H2,1-3H3;2*1-2H3. The highest BCUT2D eigenvalue weighted by atomic mass is 14.3. The van der Waals surface area contributed by atoms with Crippen molar-refractivity contribution in [1.82, 2.24) is 0 Å². The molecule has 2 unspecified atom stereocenters. The monoisotopic (exact) mass is 186 g/mol. The Hall–Kier alpha value is 0. The third-order valence-electron chi connectivity index (χ3n) is 3.11. The number of hydrogen-bond donors (Lipinski definition) is 0. The van der Waals surface area contributed by atoms with Crippen molar-refractivity contribution < 1.29 is 0 Å². The second-order valence-electron chi connectivity index (χ2n) is 3.74. The molecule has 0 spiro atoms. The number of rotatable bonds is 0. The predicted molar refractivity (Wildman–Crippen MR) is 64.0 cm³/mol.